The number of hydrogen-bond donors (Lipinski definition) is 0. The van der Waals surface area contributed by atoms with Gasteiger partial charge in [-0.2, -0.15) is 0 Å². The Balaban J connectivity index is 0. The summed E-state index contributed by atoms with van der Waals surface area (Å²) in [6, 6.07) is 0. The first-order valence-corrected chi connectivity index (χ1v) is 4.89. The van der Waals surface area contributed by atoms with E-state index in [9.17, 15) is 9.90 Å². The standard InChI is InChI=1S/C7H18NO.C3H6O3/c1-5-8(2,3)6-7-9-4;1-6-2-3(4)5/h5-7H2,1-4H3;2H2,1H3,(H,4,5)/q+1;/p-1. The van der Waals surface area contributed by atoms with Crippen LogP contribution in [0.25, 0.3) is 0 Å². The van der Waals surface area contributed by atoms with Gasteiger partial charge in [-0.05, 0) is 6.92 Å². The van der Waals surface area contributed by atoms with Crippen molar-refractivity contribution in [3.63, 3.8) is 0 Å². The van der Waals surface area contributed by atoms with Crippen LogP contribution in [-0.4, -0.2) is 65.1 Å². The Morgan fingerprint density at radius 2 is 1.80 bits per heavy atom. The van der Waals surface area contributed by atoms with Crippen LogP contribution in [-0.2, 0) is 14.3 Å². The van der Waals surface area contributed by atoms with Crippen LogP contribution in [0.15, 0.2) is 0 Å². The number of methoxy groups -OCH3 is 2. The predicted octanol–water partition coefficient (Wildman–Crippen LogP) is -0.888. The maximum Gasteiger partial charge on any atom is 0.102 e. The predicted molar refractivity (Wildman–Crippen MR) is 56.3 cm³/mol. The Bertz CT molecular complexity index is 160. The number of nitrogens with zero attached hydrogens (tertiary/aromatic N) is 1. The lowest BCUT2D eigenvalue weighted by atomic mass is 10.4. The number of hydrogen-bond acceptors (Lipinski definition) is 4. The van der Waals surface area contributed by atoms with E-state index in [0.29, 0.717) is 0 Å². The molecule has 5 nitrogen and oxygen atoms in total. The molecule has 0 unspecified atom stereocenters. The van der Waals surface area contributed by atoms with Crippen molar-refractivity contribution in [1.29, 1.82) is 0 Å². The molecule has 0 aromatic carbocycles. The number of ether oxygens (including phenoxy) is 2. The zero-order valence-electron chi connectivity index (χ0n) is 10.4. The number of carboxylic acids is 1. The van der Waals surface area contributed by atoms with Gasteiger partial charge >= 0.3 is 0 Å². The average Bonchev–Trinajstić information content (AvgIpc) is 2.16. The normalized spacial score (nSPS) is 10.5. The molecule has 0 fully saturated rings. The van der Waals surface area contributed by atoms with E-state index in [4.69, 9.17) is 4.74 Å². The summed E-state index contributed by atoms with van der Waals surface area (Å²) in [6.45, 7) is 5.01. The Labute approximate surface area is 92.2 Å². The SMILES string of the molecule is CC[N+](C)(C)CCOC.COCC(=O)[O-]. The van der Waals surface area contributed by atoms with Gasteiger partial charge in [-0.25, -0.2) is 0 Å². The first kappa shape index (κ1) is 16.8. The van der Waals surface area contributed by atoms with E-state index in [1.807, 2.05) is 0 Å². The number of aliphatic carboxylic acids is 1. The summed E-state index contributed by atoms with van der Waals surface area (Å²) in [7, 11) is 7.46. The summed E-state index contributed by atoms with van der Waals surface area (Å²) in [4.78, 5) is 9.36. The maximum atomic E-state index is 9.36. The van der Waals surface area contributed by atoms with Crippen molar-refractivity contribution in [3.05, 3.63) is 0 Å². The minimum atomic E-state index is -1.18. The van der Waals surface area contributed by atoms with Crippen LogP contribution in [0.3, 0.4) is 0 Å². The molecule has 0 N–H and O–H groups in total. The van der Waals surface area contributed by atoms with E-state index < -0.39 is 5.97 Å². The van der Waals surface area contributed by atoms with Crippen LogP contribution < -0.4 is 5.11 Å². The third-order valence-corrected chi connectivity index (χ3v) is 2.02. The summed E-state index contributed by atoms with van der Waals surface area (Å²) in [5, 5.41) is 9.36. The van der Waals surface area contributed by atoms with Crippen molar-refractivity contribution in [2.45, 2.75) is 6.92 Å². The Kier molecular flexibility index (Phi) is 11.1. The summed E-state index contributed by atoms with van der Waals surface area (Å²) < 4.78 is 10.2. The van der Waals surface area contributed by atoms with Gasteiger partial charge in [0.1, 0.15) is 6.54 Å². The van der Waals surface area contributed by atoms with E-state index in [2.05, 4.69) is 25.8 Å². The topological polar surface area (TPSA) is 58.6 Å². The summed E-state index contributed by atoms with van der Waals surface area (Å²) in [5.41, 5.74) is 0. The summed E-state index contributed by atoms with van der Waals surface area (Å²) in [5.74, 6) is -1.18. The van der Waals surface area contributed by atoms with Crippen molar-refractivity contribution < 1.29 is 23.9 Å². The fraction of sp³-hybridized carbons (Fsp3) is 0.900. The smallest absolute Gasteiger partial charge is 0.102 e. The Morgan fingerprint density at radius 1 is 1.27 bits per heavy atom. The second kappa shape index (κ2) is 9.89. The van der Waals surface area contributed by atoms with Crippen molar-refractivity contribution >= 4 is 5.97 Å². The molecular weight excluding hydrogens is 198 g/mol. The number of carbonyl (C=O) groups excluding carboxylic acids is 1. The van der Waals surface area contributed by atoms with E-state index in [0.717, 1.165) is 17.6 Å². The number of quaternary nitrogens is 1. The molecule has 0 saturated heterocycles. The van der Waals surface area contributed by atoms with Crippen LogP contribution in [0.5, 0.6) is 0 Å². The van der Waals surface area contributed by atoms with Crippen LogP contribution in [0.4, 0.5) is 0 Å². The second-order valence-electron chi connectivity index (χ2n) is 3.77. The van der Waals surface area contributed by atoms with Gasteiger partial charge in [0.2, 0.25) is 0 Å². The third-order valence-electron chi connectivity index (χ3n) is 2.02. The number of likely N-dealkylation sites (N-methyl/N-ethyl adjacent to an activating group) is 1. The highest BCUT2D eigenvalue weighted by Crippen LogP contribution is 1.93. The molecule has 0 amide bonds. The molecule has 0 saturated carbocycles. The number of carbonyl (C=O) groups is 1. The van der Waals surface area contributed by atoms with Crippen LogP contribution >= 0.6 is 0 Å². The Morgan fingerprint density at radius 3 is 2.00 bits per heavy atom. The molecule has 15 heavy (non-hydrogen) atoms. The highest BCUT2D eigenvalue weighted by Gasteiger charge is 2.09. The molecule has 0 aliphatic rings. The van der Waals surface area contributed by atoms with Crippen molar-refractivity contribution in [1.82, 2.24) is 0 Å². The van der Waals surface area contributed by atoms with E-state index in [-0.39, 0.29) is 6.61 Å². The molecule has 0 rings (SSSR count). The minimum Gasteiger partial charge on any atom is -0.548 e. The van der Waals surface area contributed by atoms with Gasteiger partial charge < -0.3 is 23.9 Å². The molecular formula is C10H23NO4. The van der Waals surface area contributed by atoms with E-state index >= 15 is 0 Å². The Hall–Kier alpha value is -0.650. The minimum absolute atomic E-state index is 0.319. The van der Waals surface area contributed by atoms with Crippen LogP contribution in [0.1, 0.15) is 6.92 Å². The number of rotatable bonds is 6. The largest absolute Gasteiger partial charge is 0.548 e. The van der Waals surface area contributed by atoms with Gasteiger partial charge in [0.15, 0.2) is 0 Å². The highest BCUT2D eigenvalue weighted by atomic mass is 16.5. The van der Waals surface area contributed by atoms with Crippen molar-refractivity contribution in [2.75, 3.05) is 54.6 Å². The van der Waals surface area contributed by atoms with Crippen molar-refractivity contribution in [3.8, 4) is 0 Å². The monoisotopic (exact) mass is 221 g/mol. The highest BCUT2D eigenvalue weighted by molar-refractivity contribution is 5.65. The molecule has 0 aromatic rings. The van der Waals surface area contributed by atoms with Gasteiger partial charge in [0, 0.05) is 14.2 Å². The third kappa shape index (κ3) is 16.1. The fourth-order valence-corrected chi connectivity index (χ4v) is 0.614. The molecule has 5 heteroatoms. The van der Waals surface area contributed by atoms with Crippen LogP contribution in [0, 0.1) is 0 Å². The summed E-state index contributed by atoms with van der Waals surface area (Å²) >= 11 is 0. The molecule has 0 bridgehead atoms. The van der Waals surface area contributed by atoms with E-state index in [1.54, 1.807) is 7.11 Å². The molecule has 0 radical (unpaired) electrons. The number of carboxylic acid groups (broad SMARTS) is 1. The average molecular weight is 221 g/mol. The lowest BCUT2D eigenvalue weighted by molar-refractivity contribution is -0.888. The van der Waals surface area contributed by atoms with E-state index in [1.165, 1.54) is 13.7 Å². The van der Waals surface area contributed by atoms with Crippen LogP contribution in [0.2, 0.25) is 0 Å². The molecule has 0 aliphatic heterocycles. The zero-order chi connectivity index (χ0) is 12.3. The first-order valence-electron chi connectivity index (χ1n) is 4.89. The maximum absolute atomic E-state index is 9.36. The molecule has 0 atom stereocenters. The van der Waals surface area contributed by atoms with Gasteiger partial charge in [-0.3, -0.25) is 0 Å². The van der Waals surface area contributed by atoms with Crippen molar-refractivity contribution in [2.24, 2.45) is 0 Å². The fourth-order valence-electron chi connectivity index (χ4n) is 0.614. The lowest BCUT2D eigenvalue weighted by Crippen LogP contribution is -2.41. The van der Waals surface area contributed by atoms with Gasteiger partial charge in [-0.15, -0.1) is 0 Å². The van der Waals surface area contributed by atoms with Gasteiger partial charge in [0.25, 0.3) is 0 Å². The molecule has 0 aliphatic carbocycles. The summed E-state index contributed by atoms with van der Waals surface area (Å²) in [6.07, 6.45) is 0. The molecule has 0 heterocycles. The zero-order valence-corrected chi connectivity index (χ0v) is 10.4. The molecule has 0 aromatic heterocycles. The van der Waals surface area contributed by atoms with Gasteiger partial charge in [0.05, 0.1) is 39.8 Å². The quantitative estimate of drug-likeness (QED) is 0.546. The molecule has 0 spiro atoms. The first-order chi connectivity index (χ1) is 6.89. The molecule has 92 valence electrons. The lowest BCUT2D eigenvalue weighted by Gasteiger charge is -2.27. The second-order valence-corrected chi connectivity index (χ2v) is 3.77. The van der Waals surface area contributed by atoms with Gasteiger partial charge in [-0.1, -0.05) is 0 Å².